The van der Waals surface area contributed by atoms with E-state index in [0.717, 1.165) is 70.0 Å². The summed E-state index contributed by atoms with van der Waals surface area (Å²) >= 11 is 0. The van der Waals surface area contributed by atoms with Crippen LogP contribution in [-0.2, 0) is 16.0 Å². The number of fused-ring (bicyclic) bond motifs is 1. The van der Waals surface area contributed by atoms with E-state index >= 15 is 0 Å². The molecule has 4 N–H and O–H groups in total. The van der Waals surface area contributed by atoms with Gasteiger partial charge in [-0.3, -0.25) is 4.79 Å². The van der Waals surface area contributed by atoms with Crippen LogP contribution in [0.2, 0.25) is 0 Å². The van der Waals surface area contributed by atoms with Crippen molar-refractivity contribution in [1.82, 2.24) is 9.97 Å². The van der Waals surface area contributed by atoms with Crippen LogP contribution >= 0.6 is 0 Å². The van der Waals surface area contributed by atoms with Gasteiger partial charge in [-0.2, -0.15) is 0 Å². The van der Waals surface area contributed by atoms with Crippen molar-refractivity contribution in [2.45, 2.75) is 20.3 Å². The topological polar surface area (TPSA) is 121 Å². The number of furan rings is 1. The summed E-state index contributed by atoms with van der Waals surface area (Å²) in [5.74, 6) is 1.59. The Balaban J connectivity index is 0.000000305. The predicted molar refractivity (Wildman–Crippen MR) is 213 cm³/mol. The summed E-state index contributed by atoms with van der Waals surface area (Å²) in [6.07, 6.45) is 9.43. The van der Waals surface area contributed by atoms with Crippen LogP contribution in [0.3, 0.4) is 0 Å². The summed E-state index contributed by atoms with van der Waals surface area (Å²) in [5, 5.41) is 13.1. The molecule has 9 nitrogen and oxygen atoms in total. The third-order valence-electron chi connectivity index (χ3n) is 7.24. The molecule has 6 rings (SSSR count). The Bertz CT molecular complexity index is 1940. The highest BCUT2D eigenvalue weighted by Gasteiger charge is 2.21. The highest BCUT2D eigenvalue weighted by atomic mass is 16.3. The zero-order chi connectivity index (χ0) is 36.7. The SMILES string of the molecule is C=C/C=C\C.CC=O.CNc1ccc(CCNc2ncnc3oc(-c4ccccc4)c(-c4ccccc4)c23)cc1.CNc1cccc(NC=O)c1. The van der Waals surface area contributed by atoms with Crippen molar-refractivity contribution >= 4 is 46.7 Å². The number of nitrogens with zero attached hydrogens (tertiary/aromatic N) is 2. The van der Waals surface area contributed by atoms with Gasteiger partial charge in [-0.25, -0.2) is 9.97 Å². The number of benzene rings is 4. The predicted octanol–water partition coefficient (Wildman–Crippen LogP) is 9.50. The number of nitrogens with one attached hydrogen (secondary N) is 4. The van der Waals surface area contributed by atoms with Gasteiger partial charge in [0.25, 0.3) is 0 Å². The Morgan fingerprint density at radius 2 is 1.37 bits per heavy atom. The molecule has 0 saturated carbocycles. The van der Waals surface area contributed by atoms with Gasteiger partial charge in [0.2, 0.25) is 12.1 Å². The van der Waals surface area contributed by atoms with Gasteiger partial charge in [-0.05, 0) is 61.7 Å². The van der Waals surface area contributed by atoms with E-state index in [2.05, 4.69) is 86.3 Å². The van der Waals surface area contributed by atoms with Gasteiger partial charge in [0.05, 0.1) is 5.39 Å². The van der Waals surface area contributed by atoms with Gasteiger partial charge < -0.3 is 30.5 Å². The number of aldehydes is 1. The van der Waals surface area contributed by atoms with Crippen molar-refractivity contribution in [3.05, 3.63) is 146 Å². The minimum Gasteiger partial charge on any atom is -0.437 e. The molecule has 0 atom stereocenters. The highest BCUT2D eigenvalue weighted by Crippen LogP contribution is 2.42. The molecule has 0 aliphatic carbocycles. The summed E-state index contributed by atoms with van der Waals surface area (Å²) in [6.45, 7) is 7.62. The third kappa shape index (κ3) is 12.2. The number of allylic oxidation sites excluding steroid dienone is 3. The van der Waals surface area contributed by atoms with Gasteiger partial charge in [-0.1, -0.05) is 104 Å². The molecule has 0 unspecified atom stereocenters. The molecule has 0 bridgehead atoms. The average molecular weight is 683 g/mol. The molecule has 0 aliphatic heterocycles. The number of hydrogen-bond acceptors (Lipinski definition) is 8. The quantitative estimate of drug-likeness (QED) is 0.0788. The molecule has 4 aromatic carbocycles. The lowest BCUT2D eigenvalue weighted by Gasteiger charge is -2.09. The number of anilines is 4. The maximum absolute atomic E-state index is 10.0. The van der Waals surface area contributed by atoms with Crippen LogP contribution in [0.15, 0.2) is 145 Å². The summed E-state index contributed by atoms with van der Waals surface area (Å²) in [5.41, 5.74) is 7.84. The second-order valence-electron chi connectivity index (χ2n) is 10.7. The number of hydrogen-bond donors (Lipinski definition) is 4. The Kier molecular flexibility index (Phi) is 17.0. The average Bonchev–Trinajstić information content (AvgIpc) is 3.58. The fourth-order valence-electron chi connectivity index (χ4n) is 4.87. The first-order chi connectivity index (χ1) is 25.0. The summed E-state index contributed by atoms with van der Waals surface area (Å²) in [4.78, 5) is 27.8. The van der Waals surface area contributed by atoms with Crippen molar-refractivity contribution in [2.75, 3.05) is 41.9 Å². The molecule has 0 fully saturated rings. The molecule has 1 amide bonds. The van der Waals surface area contributed by atoms with Crippen molar-refractivity contribution < 1.29 is 14.0 Å². The molecule has 0 spiro atoms. The summed E-state index contributed by atoms with van der Waals surface area (Å²) in [7, 11) is 3.76. The summed E-state index contributed by atoms with van der Waals surface area (Å²) < 4.78 is 6.27. The van der Waals surface area contributed by atoms with Crippen LogP contribution in [-0.4, -0.2) is 43.3 Å². The van der Waals surface area contributed by atoms with E-state index in [1.807, 2.05) is 93.8 Å². The van der Waals surface area contributed by atoms with Crippen LogP contribution in [0.1, 0.15) is 19.4 Å². The molecule has 9 heteroatoms. The lowest BCUT2D eigenvalue weighted by atomic mass is 9.99. The molecular formula is C42H46N6O3. The van der Waals surface area contributed by atoms with Crippen molar-refractivity contribution in [2.24, 2.45) is 0 Å². The Labute approximate surface area is 300 Å². The van der Waals surface area contributed by atoms with Crippen LogP contribution in [0.25, 0.3) is 33.6 Å². The van der Waals surface area contributed by atoms with Gasteiger partial charge in [-0.15, -0.1) is 0 Å². The third-order valence-corrected chi connectivity index (χ3v) is 7.24. The molecule has 6 aromatic rings. The van der Waals surface area contributed by atoms with E-state index in [4.69, 9.17) is 9.21 Å². The minimum atomic E-state index is 0.582. The van der Waals surface area contributed by atoms with E-state index in [-0.39, 0.29) is 0 Å². The molecule has 2 heterocycles. The number of carbonyl (C=O) groups excluding carboxylic acids is 2. The fraction of sp³-hybridized carbons (Fsp3) is 0.143. The number of rotatable bonds is 11. The zero-order valence-electron chi connectivity index (χ0n) is 29.6. The van der Waals surface area contributed by atoms with Crippen molar-refractivity contribution in [1.29, 1.82) is 0 Å². The normalized spacial score (nSPS) is 9.88. The Morgan fingerprint density at radius 3 is 1.94 bits per heavy atom. The molecule has 262 valence electrons. The maximum Gasteiger partial charge on any atom is 0.232 e. The van der Waals surface area contributed by atoms with Gasteiger partial charge >= 0.3 is 0 Å². The second-order valence-corrected chi connectivity index (χ2v) is 10.7. The molecule has 0 aliphatic rings. The smallest absolute Gasteiger partial charge is 0.232 e. The summed E-state index contributed by atoms with van der Waals surface area (Å²) in [6, 6.07) is 36.4. The monoisotopic (exact) mass is 682 g/mol. The van der Waals surface area contributed by atoms with Gasteiger partial charge in [0, 0.05) is 48.8 Å². The zero-order valence-corrected chi connectivity index (χ0v) is 29.6. The molecule has 51 heavy (non-hydrogen) atoms. The van der Waals surface area contributed by atoms with Crippen LogP contribution in [0, 0.1) is 0 Å². The fourth-order valence-corrected chi connectivity index (χ4v) is 4.87. The molecule has 0 saturated heterocycles. The number of amides is 1. The first kappa shape index (κ1) is 39.0. The van der Waals surface area contributed by atoms with Gasteiger partial charge in [0.1, 0.15) is 24.2 Å². The second kappa shape index (κ2) is 22.2. The lowest BCUT2D eigenvalue weighted by molar-refractivity contribution is -0.106. The van der Waals surface area contributed by atoms with E-state index in [0.29, 0.717) is 12.1 Å². The lowest BCUT2D eigenvalue weighted by Crippen LogP contribution is -2.07. The minimum absolute atomic E-state index is 0.582. The van der Waals surface area contributed by atoms with E-state index in [1.165, 1.54) is 12.5 Å². The van der Waals surface area contributed by atoms with E-state index < -0.39 is 0 Å². The van der Waals surface area contributed by atoms with E-state index in [1.54, 1.807) is 12.4 Å². The molecule has 2 aromatic heterocycles. The van der Waals surface area contributed by atoms with Crippen molar-refractivity contribution in [3.8, 4) is 22.5 Å². The largest absolute Gasteiger partial charge is 0.437 e. The van der Waals surface area contributed by atoms with Crippen molar-refractivity contribution in [3.63, 3.8) is 0 Å². The standard InChI is InChI=1S/C27H24N4O.C8H10N2O.C5H8.C2H4O/c1-28-22-14-12-19(13-15-22)16-17-29-26-24-23(20-8-4-2-5-9-20)25(21-10-6-3-7-11-21)32-27(24)31-18-30-26;1-9-7-3-2-4-8(5-7)10-6-11;1-3-5-4-2;1-2-3/h2-15,18,28H,16-17H2,1H3,(H,29,30,31);2-6,9H,1H3,(H,10,11);3-5H,1H2,2H3;2H,1H3/b;;5-4-;. The highest BCUT2D eigenvalue weighted by molar-refractivity contribution is 6.05. The van der Waals surface area contributed by atoms with Crippen LogP contribution < -0.4 is 21.3 Å². The maximum atomic E-state index is 10.0. The first-order valence-corrected chi connectivity index (χ1v) is 16.5. The van der Waals surface area contributed by atoms with Gasteiger partial charge in [0.15, 0.2) is 0 Å². The molecular weight excluding hydrogens is 637 g/mol. The Hall–Kier alpha value is -6.48. The van der Waals surface area contributed by atoms with Crippen LogP contribution in [0.5, 0.6) is 0 Å². The first-order valence-electron chi connectivity index (χ1n) is 16.5. The number of aromatic nitrogens is 2. The van der Waals surface area contributed by atoms with Crippen LogP contribution in [0.4, 0.5) is 22.9 Å². The number of carbonyl (C=O) groups is 2. The Morgan fingerprint density at radius 1 is 0.745 bits per heavy atom. The molecule has 0 radical (unpaired) electrons. The van der Waals surface area contributed by atoms with E-state index in [9.17, 15) is 4.79 Å².